The van der Waals surface area contributed by atoms with Gasteiger partial charge in [-0.15, -0.1) is 0 Å². The Kier molecular flexibility index (Phi) is 6.92. The van der Waals surface area contributed by atoms with E-state index in [-0.39, 0.29) is 11.9 Å². The second-order valence-corrected chi connectivity index (χ2v) is 20.7. The van der Waals surface area contributed by atoms with E-state index in [4.69, 9.17) is 4.74 Å². The van der Waals surface area contributed by atoms with E-state index in [0.717, 1.165) is 16.4 Å². The monoisotopic (exact) mass is 566 g/mol. The maximum atomic E-state index is 13.2. The predicted molar refractivity (Wildman–Crippen MR) is 147 cm³/mol. The molecule has 0 unspecified atom stereocenters. The molecule has 0 aliphatic heterocycles. The van der Waals surface area contributed by atoms with E-state index in [2.05, 4.69) is 115 Å². The van der Waals surface area contributed by atoms with Gasteiger partial charge in [0.05, 0.1) is 0 Å². The van der Waals surface area contributed by atoms with Gasteiger partial charge in [-0.3, -0.25) is 0 Å². The maximum absolute atomic E-state index is 13.2. The molecular weight excluding hydrogens is 535 g/mol. The first kappa shape index (κ1) is 23.6. The van der Waals surface area contributed by atoms with Crippen molar-refractivity contribution in [3.05, 3.63) is 133 Å². The van der Waals surface area contributed by atoms with E-state index in [9.17, 15) is 4.79 Å². The molecule has 0 amide bonds. The van der Waals surface area contributed by atoms with Crippen molar-refractivity contribution in [2.24, 2.45) is 11.3 Å². The number of hydrogen-bond donors (Lipinski definition) is 0. The number of hydrogen-bond acceptors (Lipinski definition) is 2. The van der Waals surface area contributed by atoms with Crippen LogP contribution in [0.5, 0.6) is 0 Å². The fourth-order valence-corrected chi connectivity index (χ4v) is 20.5. The Morgan fingerprint density at radius 1 is 0.771 bits per heavy atom. The minimum atomic E-state index is -3.47. The normalized spacial score (nSPS) is 19.4. The van der Waals surface area contributed by atoms with Crippen molar-refractivity contribution in [2.45, 2.75) is 10.9 Å². The molecule has 35 heavy (non-hydrogen) atoms. The molecule has 1 aliphatic carbocycles. The van der Waals surface area contributed by atoms with Gasteiger partial charge in [0.2, 0.25) is 0 Å². The Balaban J connectivity index is 1.62. The molecule has 0 heterocycles. The number of ether oxygens (including phenoxy) is 1. The first-order valence-corrected chi connectivity index (χ1v) is 18.5. The van der Waals surface area contributed by atoms with Gasteiger partial charge in [0.1, 0.15) is 0 Å². The van der Waals surface area contributed by atoms with Crippen LogP contribution in [0, 0.1) is 11.3 Å². The number of benzene rings is 4. The predicted octanol–water partition coefficient (Wildman–Crippen LogP) is 5.05. The molecule has 1 saturated carbocycles. The summed E-state index contributed by atoms with van der Waals surface area (Å²) in [7, 11) is 1.51. The van der Waals surface area contributed by atoms with E-state index in [1.165, 1.54) is 17.8 Å². The topological polar surface area (TPSA) is 26.3 Å². The van der Waals surface area contributed by atoms with Gasteiger partial charge < -0.3 is 0 Å². The van der Waals surface area contributed by atoms with E-state index in [1.807, 2.05) is 18.2 Å². The summed E-state index contributed by atoms with van der Waals surface area (Å²) in [6.07, 6.45) is 5.02. The van der Waals surface area contributed by atoms with Gasteiger partial charge in [0.15, 0.2) is 0 Å². The first-order valence-electron chi connectivity index (χ1n) is 12.2. The third-order valence-corrected chi connectivity index (χ3v) is 21.9. The van der Waals surface area contributed by atoms with Crippen LogP contribution in [0.3, 0.4) is 0 Å². The van der Waals surface area contributed by atoms with Crippen LogP contribution >= 0.6 is 0 Å². The molecule has 2 nitrogen and oxygen atoms in total. The molecule has 0 bridgehead atoms. The molecular formula is C32H30O2Sn. The van der Waals surface area contributed by atoms with Crippen LogP contribution in [-0.4, -0.2) is 31.5 Å². The van der Waals surface area contributed by atoms with Crippen LogP contribution < -0.4 is 10.7 Å². The molecule has 2 atom stereocenters. The molecule has 0 radical (unpaired) electrons. The standard InChI is InChI=1S/C14H15O2.3C6H5.Sn/c1-11-10-14(11,13(15)16-2)9-8-12-6-4-3-5-7-12;3*1-2-4-6-5-3-1;/h3-9,11H,1,10H2,2H3;3*1-5H;/b9-8+;;;;/t11-,14-;;;;/m1..../s1. The summed E-state index contributed by atoms with van der Waals surface area (Å²) in [5, 5.41) is 0. The molecule has 4 aromatic rings. The van der Waals surface area contributed by atoms with Gasteiger partial charge >= 0.3 is 213 Å². The van der Waals surface area contributed by atoms with Crippen molar-refractivity contribution >= 4 is 41.2 Å². The van der Waals surface area contributed by atoms with Crippen molar-refractivity contribution < 1.29 is 9.53 Å². The summed E-state index contributed by atoms with van der Waals surface area (Å²) in [5.74, 6) is 0.121. The number of methoxy groups -OCH3 is 1. The molecule has 1 aliphatic rings. The number of carbonyl (C=O) groups excluding carboxylic acids is 1. The van der Waals surface area contributed by atoms with Crippen molar-refractivity contribution in [1.29, 1.82) is 0 Å². The van der Waals surface area contributed by atoms with Crippen molar-refractivity contribution in [3.63, 3.8) is 0 Å². The second-order valence-electron chi connectivity index (χ2n) is 9.38. The Hall–Kier alpha value is -3.11. The summed E-state index contributed by atoms with van der Waals surface area (Å²) >= 11 is -3.47. The van der Waals surface area contributed by atoms with Gasteiger partial charge in [-0.05, 0) is 0 Å². The van der Waals surface area contributed by atoms with Crippen LogP contribution in [0.4, 0.5) is 0 Å². The Morgan fingerprint density at radius 3 is 1.63 bits per heavy atom. The molecule has 0 N–H and O–H groups in total. The van der Waals surface area contributed by atoms with Gasteiger partial charge in [0, 0.05) is 0 Å². The molecule has 0 saturated heterocycles. The van der Waals surface area contributed by atoms with Crippen LogP contribution in [0.1, 0.15) is 12.0 Å². The summed E-state index contributed by atoms with van der Waals surface area (Å²) in [4.78, 5) is 13.2. The Morgan fingerprint density at radius 2 is 1.20 bits per heavy atom. The Labute approximate surface area is 212 Å². The molecule has 0 aromatic heterocycles. The average molecular weight is 565 g/mol. The van der Waals surface area contributed by atoms with E-state index in [1.54, 1.807) is 0 Å². The molecule has 174 valence electrons. The van der Waals surface area contributed by atoms with Crippen molar-refractivity contribution in [2.75, 3.05) is 7.11 Å². The molecule has 1 fully saturated rings. The van der Waals surface area contributed by atoms with Crippen LogP contribution in [0.15, 0.2) is 127 Å². The van der Waals surface area contributed by atoms with E-state index < -0.39 is 23.8 Å². The quantitative estimate of drug-likeness (QED) is 0.221. The van der Waals surface area contributed by atoms with Crippen LogP contribution in [-0.2, 0) is 9.53 Å². The second kappa shape index (κ2) is 10.2. The SMILES string of the molecule is COC(=O)[C@]1(/C=C/c2ccccc2)C[C@H]1[CH2][Sn]([c]1ccccc1)([c]1ccccc1)[c]1ccccc1. The number of carbonyl (C=O) groups is 1. The van der Waals surface area contributed by atoms with Crippen LogP contribution in [0.2, 0.25) is 4.44 Å². The zero-order valence-electron chi connectivity index (χ0n) is 20.0. The van der Waals surface area contributed by atoms with E-state index >= 15 is 0 Å². The molecule has 4 aromatic carbocycles. The van der Waals surface area contributed by atoms with Gasteiger partial charge in [-0.1, -0.05) is 0 Å². The number of rotatable bonds is 8. The van der Waals surface area contributed by atoms with Gasteiger partial charge in [-0.25, -0.2) is 0 Å². The van der Waals surface area contributed by atoms with Gasteiger partial charge in [-0.2, -0.15) is 0 Å². The summed E-state index contributed by atoms with van der Waals surface area (Å²) in [6.45, 7) is 0. The van der Waals surface area contributed by atoms with Crippen molar-refractivity contribution in [1.82, 2.24) is 0 Å². The Bertz CT molecular complexity index is 1190. The third-order valence-electron chi connectivity index (χ3n) is 7.44. The molecule has 3 heteroatoms. The van der Waals surface area contributed by atoms with E-state index in [0.29, 0.717) is 0 Å². The molecule has 0 spiro atoms. The van der Waals surface area contributed by atoms with Gasteiger partial charge in [0.25, 0.3) is 0 Å². The first-order chi connectivity index (χ1) is 17.2. The average Bonchev–Trinajstić information content (AvgIpc) is 3.65. The zero-order chi connectivity index (χ0) is 24.1. The fraction of sp³-hybridized carbons (Fsp3) is 0.156. The zero-order valence-corrected chi connectivity index (χ0v) is 22.9. The van der Waals surface area contributed by atoms with Crippen LogP contribution in [0.25, 0.3) is 6.08 Å². The summed E-state index contributed by atoms with van der Waals surface area (Å²) in [5.41, 5.74) is 0.538. The van der Waals surface area contributed by atoms with Crippen molar-refractivity contribution in [3.8, 4) is 0 Å². The third kappa shape index (κ3) is 4.60. The fourth-order valence-electron chi connectivity index (χ4n) is 5.52. The molecule has 5 rings (SSSR count). The summed E-state index contributed by atoms with van der Waals surface area (Å²) < 4.78 is 10.7. The minimum absolute atomic E-state index is 0.121. The summed E-state index contributed by atoms with van der Waals surface area (Å²) in [6, 6.07) is 43.2. The number of esters is 1.